The van der Waals surface area contributed by atoms with Crippen molar-refractivity contribution < 1.29 is 0 Å². The summed E-state index contributed by atoms with van der Waals surface area (Å²) in [5, 5.41) is 6.97. The van der Waals surface area contributed by atoms with Gasteiger partial charge in [-0.1, -0.05) is 0 Å². The van der Waals surface area contributed by atoms with Crippen LogP contribution in [0.3, 0.4) is 0 Å². The molecule has 62 valence electrons. The van der Waals surface area contributed by atoms with Crippen LogP contribution in [-0.4, -0.2) is 43.0 Å². The molecule has 3 heteroatoms. The molecular formula is C8H19LiN2. The summed E-state index contributed by atoms with van der Waals surface area (Å²) >= 11 is 0. The first-order valence-electron chi connectivity index (χ1n) is 3.91. The normalized spacial score (nSPS) is 27.3. The molecule has 1 rings (SSSR count). The Hall–Kier alpha value is 0.517. The van der Waals surface area contributed by atoms with Gasteiger partial charge in [-0.3, -0.25) is 0 Å². The minimum absolute atomic E-state index is 0. The van der Waals surface area contributed by atoms with Crippen molar-refractivity contribution in [3.05, 3.63) is 0 Å². The molecule has 0 aromatic rings. The number of rotatable bonds is 0. The summed E-state index contributed by atoms with van der Waals surface area (Å²) in [5.41, 5.74) is 0.503. The first kappa shape index (κ1) is 11.5. The predicted molar refractivity (Wildman–Crippen MR) is 51.3 cm³/mol. The zero-order valence-electron chi connectivity index (χ0n) is 7.41. The number of hydrogen-bond donors (Lipinski definition) is 2. The quantitative estimate of drug-likeness (QED) is 0.478. The van der Waals surface area contributed by atoms with Gasteiger partial charge < -0.3 is 10.6 Å². The average molecular weight is 150 g/mol. The number of hydrogen-bond acceptors (Lipinski definition) is 2. The van der Waals surface area contributed by atoms with Crippen LogP contribution in [-0.2, 0) is 0 Å². The van der Waals surface area contributed by atoms with E-state index < -0.39 is 0 Å². The molecule has 0 amide bonds. The molecule has 0 saturated carbocycles. The molecule has 1 heterocycles. The van der Waals surface area contributed by atoms with E-state index in [4.69, 9.17) is 0 Å². The van der Waals surface area contributed by atoms with E-state index in [9.17, 15) is 0 Å². The summed E-state index contributed by atoms with van der Waals surface area (Å²) in [5.74, 6) is 0. The molecule has 0 aromatic heterocycles. The van der Waals surface area contributed by atoms with Crippen LogP contribution in [0, 0.1) is 0 Å². The Morgan fingerprint density at radius 1 is 0.909 bits per heavy atom. The third-order valence-electron chi connectivity index (χ3n) is 1.81. The Kier molecular flexibility index (Phi) is 3.66. The SMILES string of the molecule is CC1(C)CNCC(C)(C)N1.[LiH]. The van der Waals surface area contributed by atoms with Crippen molar-refractivity contribution in [1.82, 2.24) is 10.6 Å². The van der Waals surface area contributed by atoms with Crippen LogP contribution in [0.4, 0.5) is 0 Å². The van der Waals surface area contributed by atoms with Crippen LogP contribution in [0.5, 0.6) is 0 Å². The second kappa shape index (κ2) is 3.49. The summed E-state index contributed by atoms with van der Waals surface area (Å²) in [7, 11) is 0. The molecule has 1 fully saturated rings. The van der Waals surface area contributed by atoms with Gasteiger partial charge >= 0.3 is 18.9 Å². The molecule has 0 unspecified atom stereocenters. The first-order chi connectivity index (χ1) is 4.41. The average Bonchev–Trinajstić information content (AvgIpc) is 1.56. The van der Waals surface area contributed by atoms with E-state index >= 15 is 0 Å². The minimum atomic E-state index is 0. The van der Waals surface area contributed by atoms with Gasteiger partial charge in [-0.25, -0.2) is 0 Å². The molecule has 11 heavy (non-hydrogen) atoms. The Bertz CT molecular complexity index is 118. The second-order valence-corrected chi connectivity index (χ2v) is 4.50. The molecule has 0 atom stereocenters. The zero-order valence-corrected chi connectivity index (χ0v) is 7.41. The van der Waals surface area contributed by atoms with Gasteiger partial charge in [-0.05, 0) is 27.7 Å². The van der Waals surface area contributed by atoms with E-state index in [0.29, 0.717) is 0 Å². The second-order valence-electron chi connectivity index (χ2n) is 4.50. The van der Waals surface area contributed by atoms with Gasteiger partial charge in [-0.15, -0.1) is 0 Å². The Balaban J connectivity index is 0.000001000. The van der Waals surface area contributed by atoms with Gasteiger partial charge in [0, 0.05) is 24.2 Å². The molecule has 0 radical (unpaired) electrons. The molecule has 0 aliphatic carbocycles. The van der Waals surface area contributed by atoms with Crippen molar-refractivity contribution in [2.45, 2.75) is 38.8 Å². The van der Waals surface area contributed by atoms with Crippen LogP contribution < -0.4 is 10.6 Å². The van der Waals surface area contributed by atoms with Gasteiger partial charge in [0.15, 0.2) is 0 Å². The third-order valence-corrected chi connectivity index (χ3v) is 1.81. The Labute approximate surface area is 81.7 Å². The summed E-state index contributed by atoms with van der Waals surface area (Å²) in [4.78, 5) is 0. The molecule has 0 spiro atoms. The van der Waals surface area contributed by atoms with E-state index in [1.165, 1.54) is 0 Å². The maximum absolute atomic E-state index is 3.57. The molecule has 1 aliphatic heterocycles. The molecule has 0 bridgehead atoms. The Morgan fingerprint density at radius 3 is 1.45 bits per heavy atom. The van der Waals surface area contributed by atoms with Crippen molar-refractivity contribution in [3.63, 3.8) is 0 Å². The summed E-state index contributed by atoms with van der Waals surface area (Å²) in [6.45, 7) is 11.0. The van der Waals surface area contributed by atoms with Crippen molar-refractivity contribution in [3.8, 4) is 0 Å². The van der Waals surface area contributed by atoms with Gasteiger partial charge in [0.2, 0.25) is 0 Å². The third kappa shape index (κ3) is 3.62. The topological polar surface area (TPSA) is 24.1 Å². The van der Waals surface area contributed by atoms with Crippen LogP contribution in [0.2, 0.25) is 0 Å². The van der Waals surface area contributed by atoms with Crippen molar-refractivity contribution in [1.29, 1.82) is 0 Å². The van der Waals surface area contributed by atoms with E-state index in [-0.39, 0.29) is 29.9 Å². The monoisotopic (exact) mass is 150 g/mol. The first-order valence-corrected chi connectivity index (χ1v) is 3.91. The number of nitrogens with one attached hydrogen (secondary N) is 2. The fraction of sp³-hybridized carbons (Fsp3) is 1.00. The molecule has 0 aromatic carbocycles. The van der Waals surface area contributed by atoms with Crippen molar-refractivity contribution in [2.75, 3.05) is 13.1 Å². The molecule has 1 aliphatic rings. The standard InChI is InChI=1S/C8H18N2.Li.H/c1-7(2)5-9-6-8(3,4)10-7;;/h9-10H,5-6H2,1-4H3;;. The van der Waals surface area contributed by atoms with Crippen molar-refractivity contribution >= 4 is 18.9 Å². The van der Waals surface area contributed by atoms with E-state index in [0.717, 1.165) is 13.1 Å². The van der Waals surface area contributed by atoms with Gasteiger partial charge in [-0.2, -0.15) is 0 Å². The zero-order chi connectivity index (χ0) is 7.83. The molecule has 2 N–H and O–H groups in total. The fourth-order valence-electron chi connectivity index (χ4n) is 1.69. The van der Waals surface area contributed by atoms with Crippen LogP contribution >= 0.6 is 0 Å². The van der Waals surface area contributed by atoms with E-state index in [2.05, 4.69) is 38.3 Å². The molecule has 1 saturated heterocycles. The van der Waals surface area contributed by atoms with Crippen LogP contribution in [0.25, 0.3) is 0 Å². The maximum atomic E-state index is 3.57. The van der Waals surface area contributed by atoms with Crippen molar-refractivity contribution in [2.24, 2.45) is 0 Å². The van der Waals surface area contributed by atoms with E-state index in [1.807, 2.05) is 0 Å². The van der Waals surface area contributed by atoms with Gasteiger partial charge in [0.25, 0.3) is 0 Å². The number of piperazine rings is 1. The fourth-order valence-corrected chi connectivity index (χ4v) is 1.69. The van der Waals surface area contributed by atoms with E-state index in [1.54, 1.807) is 0 Å². The van der Waals surface area contributed by atoms with Gasteiger partial charge in [0.05, 0.1) is 0 Å². The van der Waals surface area contributed by atoms with Crippen LogP contribution in [0.15, 0.2) is 0 Å². The molecule has 2 nitrogen and oxygen atoms in total. The Morgan fingerprint density at radius 2 is 1.27 bits per heavy atom. The summed E-state index contributed by atoms with van der Waals surface area (Å²) in [6.07, 6.45) is 0. The summed E-state index contributed by atoms with van der Waals surface area (Å²) < 4.78 is 0. The van der Waals surface area contributed by atoms with Gasteiger partial charge in [0.1, 0.15) is 0 Å². The summed E-state index contributed by atoms with van der Waals surface area (Å²) in [6, 6.07) is 0. The predicted octanol–water partition coefficient (Wildman–Crippen LogP) is 0.0879. The van der Waals surface area contributed by atoms with Crippen LogP contribution in [0.1, 0.15) is 27.7 Å². The molecular weight excluding hydrogens is 131 g/mol.